The van der Waals surface area contributed by atoms with Gasteiger partial charge in [0, 0.05) is 25.2 Å². The van der Waals surface area contributed by atoms with Gasteiger partial charge in [0.25, 0.3) is 5.91 Å². The Morgan fingerprint density at radius 2 is 1.77 bits per heavy atom. The molecule has 0 radical (unpaired) electrons. The van der Waals surface area contributed by atoms with Gasteiger partial charge in [-0.05, 0) is 68.0 Å². The minimum atomic E-state index is 0.156. The molecule has 4 nitrogen and oxygen atoms in total. The number of rotatable bonds is 3. The number of imidazole rings is 1. The van der Waals surface area contributed by atoms with Gasteiger partial charge in [-0.2, -0.15) is 0 Å². The maximum absolute atomic E-state index is 12.6. The Kier molecular flexibility index (Phi) is 4.49. The van der Waals surface area contributed by atoms with E-state index in [2.05, 4.69) is 35.5 Å². The lowest BCUT2D eigenvalue weighted by molar-refractivity contribution is 0.0683. The average molecular weight is 347 g/mol. The van der Waals surface area contributed by atoms with E-state index < -0.39 is 0 Å². The number of benzene rings is 2. The first kappa shape index (κ1) is 16.8. The highest BCUT2D eigenvalue weighted by Gasteiger charge is 2.24. The number of hydrogen-bond donors (Lipinski definition) is 0. The van der Waals surface area contributed by atoms with Gasteiger partial charge in [0.15, 0.2) is 0 Å². The zero-order valence-corrected chi connectivity index (χ0v) is 15.5. The summed E-state index contributed by atoms with van der Waals surface area (Å²) in [5.41, 5.74) is 5.68. The Balaban J connectivity index is 1.41. The molecule has 4 rings (SSSR count). The topological polar surface area (TPSA) is 38.1 Å². The Morgan fingerprint density at radius 1 is 1.08 bits per heavy atom. The van der Waals surface area contributed by atoms with Crippen LogP contribution in [-0.4, -0.2) is 33.4 Å². The van der Waals surface area contributed by atoms with E-state index in [1.807, 2.05) is 41.6 Å². The van der Waals surface area contributed by atoms with E-state index in [-0.39, 0.29) is 5.91 Å². The van der Waals surface area contributed by atoms with Gasteiger partial charge in [0.05, 0.1) is 17.4 Å². The van der Waals surface area contributed by atoms with Gasteiger partial charge in [-0.15, -0.1) is 0 Å². The largest absolute Gasteiger partial charge is 0.339 e. The van der Waals surface area contributed by atoms with Crippen molar-refractivity contribution >= 4 is 16.9 Å². The number of aromatic nitrogens is 2. The monoisotopic (exact) mass is 347 g/mol. The van der Waals surface area contributed by atoms with Crippen molar-refractivity contribution in [1.29, 1.82) is 0 Å². The number of aryl methyl sites for hydroxylation is 2. The van der Waals surface area contributed by atoms with Crippen LogP contribution in [0.1, 0.15) is 34.3 Å². The molecule has 2 aromatic carbocycles. The Labute approximate surface area is 154 Å². The summed E-state index contributed by atoms with van der Waals surface area (Å²) >= 11 is 0. The molecule has 1 saturated heterocycles. The quantitative estimate of drug-likeness (QED) is 0.712. The van der Waals surface area contributed by atoms with Crippen LogP contribution in [0.3, 0.4) is 0 Å². The van der Waals surface area contributed by atoms with Crippen molar-refractivity contribution in [3.63, 3.8) is 0 Å². The molecule has 1 aromatic heterocycles. The predicted molar refractivity (Wildman–Crippen MR) is 104 cm³/mol. The van der Waals surface area contributed by atoms with E-state index in [9.17, 15) is 4.79 Å². The van der Waals surface area contributed by atoms with Crippen molar-refractivity contribution < 1.29 is 4.79 Å². The summed E-state index contributed by atoms with van der Waals surface area (Å²) in [6, 6.07) is 14.0. The van der Waals surface area contributed by atoms with E-state index in [0.717, 1.165) is 43.6 Å². The summed E-state index contributed by atoms with van der Waals surface area (Å²) in [7, 11) is 0. The molecule has 0 atom stereocenters. The Morgan fingerprint density at radius 3 is 2.50 bits per heavy atom. The normalized spacial score (nSPS) is 15.5. The van der Waals surface area contributed by atoms with Gasteiger partial charge in [-0.3, -0.25) is 4.79 Å². The first-order valence-electron chi connectivity index (χ1n) is 9.38. The number of carbonyl (C=O) groups excluding carboxylic acids is 1. The molecule has 0 spiro atoms. The molecule has 2 heterocycles. The summed E-state index contributed by atoms with van der Waals surface area (Å²) in [6.07, 6.45) is 4.05. The molecule has 4 heteroatoms. The van der Waals surface area contributed by atoms with Crippen LogP contribution in [0.5, 0.6) is 0 Å². The maximum Gasteiger partial charge on any atom is 0.253 e. The molecule has 1 aliphatic heterocycles. The summed E-state index contributed by atoms with van der Waals surface area (Å²) in [5, 5.41) is 0. The lowest BCUT2D eigenvalue weighted by atomic mass is 9.96. The summed E-state index contributed by atoms with van der Waals surface area (Å²) in [4.78, 5) is 19.1. The Bertz CT molecular complexity index is 921. The molecule has 134 valence electrons. The van der Waals surface area contributed by atoms with Crippen molar-refractivity contribution in [1.82, 2.24) is 14.5 Å². The highest BCUT2D eigenvalue weighted by atomic mass is 16.2. The molecule has 26 heavy (non-hydrogen) atoms. The molecular weight excluding hydrogens is 322 g/mol. The smallest absolute Gasteiger partial charge is 0.253 e. The van der Waals surface area contributed by atoms with E-state index >= 15 is 0 Å². The number of piperidine rings is 1. The third-order valence-electron chi connectivity index (χ3n) is 5.61. The fourth-order valence-corrected chi connectivity index (χ4v) is 3.82. The SMILES string of the molecule is Cc1cc2ncn(CC3CCN(C(=O)c4ccccc4)CC3)c2cc1C. The second-order valence-corrected chi connectivity index (χ2v) is 7.42. The second kappa shape index (κ2) is 6.94. The van der Waals surface area contributed by atoms with E-state index in [1.54, 1.807) is 0 Å². The summed E-state index contributed by atoms with van der Waals surface area (Å²) < 4.78 is 2.28. The van der Waals surface area contributed by atoms with Crippen LogP contribution in [0.2, 0.25) is 0 Å². The highest BCUT2D eigenvalue weighted by Crippen LogP contribution is 2.24. The first-order valence-corrected chi connectivity index (χ1v) is 9.38. The summed E-state index contributed by atoms with van der Waals surface area (Å²) in [5.74, 6) is 0.747. The molecular formula is C22H25N3O. The molecule has 1 fully saturated rings. The lowest BCUT2D eigenvalue weighted by Gasteiger charge is -2.32. The second-order valence-electron chi connectivity index (χ2n) is 7.42. The van der Waals surface area contributed by atoms with Crippen molar-refractivity contribution in [3.8, 4) is 0 Å². The van der Waals surface area contributed by atoms with Crippen molar-refractivity contribution in [2.24, 2.45) is 5.92 Å². The zero-order valence-electron chi connectivity index (χ0n) is 15.5. The number of likely N-dealkylation sites (tertiary alicyclic amines) is 1. The predicted octanol–water partition coefficient (Wildman–Crippen LogP) is 4.21. The molecule has 0 aliphatic carbocycles. The standard InChI is InChI=1S/C22H25N3O/c1-16-12-20-21(13-17(16)2)25(15-23-20)14-18-8-10-24(11-9-18)22(26)19-6-4-3-5-7-19/h3-7,12-13,15,18H,8-11,14H2,1-2H3. The van der Waals surface area contributed by atoms with Gasteiger partial charge in [-0.25, -0.2) is 4.98 Å². The average Bonchev–Trinajstić information content (AvgIpc) is 3.04. The van der Waals surface area contributed by atoms with E-state index in [0.29, 0.717) is 5.92 Å². The van der Waals surface area contributed by atoms with Gasteiger partial charge >= 0.3 is 0 Å². The van der Waals surface area contributed by atoms with Crippen LogP contribution in [0.15, 0.2) is 48.8 Å². The third-order valence-corrected chi connectivity index (χ3v) is 5.61. The van der Waals surface area contributed by atoms with Crippen LogP contribution in [0.25, 0.3) is 11.0 Å². The first-order chi connectivity index (χ1) is 12.6. The number of fused-ring (bicyclic) bond motifs is 1. The molecule has 1 aliphatic rings. The molecule has 0 N–H and O–H groups in total. The maximum atomic E-state index is 12.6. The van der Waals surface area contributed by atoms with Crippen LogP contribution in [0.4, 0.5) is 0 Å². The number of hydrogen-bond acceptors (Lipinski definition) is 2. The van der Waals surface area contributed by atoms with Crippen molar-refractivity contribution in [3.05, 3.63) is 65.5 Å². The molecule has 3 aromatic rings. The number of carbonyl (C=O) groups is 1. The van der Waals surface area contributed by atoms with Crippen molar-refractivity contribution in [2.75, 3.05) is 13.1 Å². The van der Waals surface area contributed by atoms with Crippen LogP contribution < -0.4 is 0 Å². The molecule has 0 unspecified atom stereocenters. The number of nitrogens with zero attached hydrogens (tertiary/aromatic N) is 3. The lowest BCUT2D eigenvalue weighted by Crippen LogP contribution is -2.39. The van der Waals surface area contributed by atoms with Gasteiger partial charge in [0.2, 0.25) is 0 Å². The molecule has 0 bridgehead atoms. The van der Waals surface area contributed by atoms with E-state index in [4.69, 9.17) is 0 Å². The fraction of sp³-hybridized carbons (Fsp3) is 0.364. The third kappa shape index (κ3) is 3.24. The Hall–Kier alpha value is -2.62. The van der Waals surface area contributed by atoms with Crippen LogP contribution in [-0.2, 0) is 6.54 Å². The van der Waals surface area contributed by atoms with Crippen LogP contribution in [0, 0.1) is 19.8 Å². The van der Waals surface area contributed by atoms with E-state index in [1.165, 1.54) is 16.6 Å². The highest BCUT2D eigenvalue weighted by molar-refractivity contribution is 5.94. The van der Waals surface area contributed by atoms with Gasteiger partial charge in [0.1, 0.15) is 0 Å². The fourth-order valence-electron chi connectivity index (χ4n) is 3.82. The van der Waals surface area contributed by atoms with Gasteiger partial charge < -0.3 is 9.47 Å². The molecule has 1 amide bonds. The number of amides is 1. The molecule has 0 saturated carbocycles. The minimum Gasteiger partial charge on any atom is -0.339 e. The van der Waals surface area contributed by atoms with Gasteiger partial charge in [-0.1, -0.05) is 18.2 Å². The van der Waals surface area contributed by atoms with Crippen molar-refractivity contribution in [2.45, 2.75) is 33.2 Å². The minimum absolute atomic E-state index is 0.156. The summed E-state index contributed by atoms with van der Waals surface area (Å²) in [6.45, 7) is 6.94. The van der Waals surface area contributed by atoms with Crippen LogP contribution >= 0.6 is 0 Å². The zero-order chi connectivity index (χ0) is 18.1.